The molecule has 0 aromatic rings. The van der Waals surface area contributed by atoms with Gasteiger partial charge in [0.15, 0.2) is 8.32 Å². The van der Waals surface area contributed by atoms with Gasteiger partial charge in [-0.2, -0.15) is 0 Å². The van der Waals surface area contributed by atoms with Crippen molar-refractivity contribution in [2.45, 2.75) is 78.1 Å². The molecule has 3 heteroatoms. The van der Waals surface area contributed by atoms with E-state index in [9.17, 15) is 0 Å². The zero-order valence-corrected chi connectivity index (χ0v) is 15.3. The van der Waals surface area contributed by atoms with Crippen molar-refractivity contribution in [3.8, 4) is 0 Å². The Kier molecular flexibility index (Phi) is 9.35. The fraction of sp³-hybridized carbons (Fsp3) is 0.765. The summed E-state index contributed by atoms with van der Waals surface area (Å²) in [6, 6.07) is 3.47. The van der Waals surface area contributed by atoms with E-state index in [-0.39, 0.29) is 12.2 Å². The van der Waals surface area contributed by atoms with Crippen LogP contribution in [0.2, 0.25) is 18.1 Å². The minimum absolute atomic E-state index is 0.0839. The molecule has 0 spiro atoms. The van der Waals surface area contributed by atoms with Crippen molar-refractivity contribution in [3.05, 3.63) is 23.8 Å². The Morgan fingerprint density at radius 2 is 1.70 bits per heavy atom. The van der Waals surface area contributed by atoms with Gasteiger partial charge in [-0.15, -0.1) is 0 Å². The Hall–Kier alpha value is -0.383. The molecule has 0 saturated heterocycles. The minimum atomic E-state index is -1.63. The molecule has 0 aliphatic rings. The number of aliphatic hydroxyl groups excluding tert-OH is 1. The summed E-state index contributed by atoms with van der Waals surface area (Å²) in [6.45, 7) is 13.3. The molecule has 0 unspecified atom stereocenters. The molecule has 1 N–H and O–H groups in total. The lowest BCUT2D eigenvalue weighted by atomic mass is 9.99. The highest BCUT2D eigenvalue weighted by molar-refractivity contribution is 6.73. The van der Waals surface area contributed by atoms with Crippen LogP contribution >= 0.6 is 0 Å². The molecule has 2 nitrogen and oxygen atoms in total. The quantitative estimate of drug-likeness (QED) is 0.451. The molecule has 0 heterocycles. The number of hydrogen-bond donors (Lipinski definition) is 1. The maximum atomic E-state index is 9.07. The number of aliphatic hydroxyl groups is 1. The Balaban J connectivity index is 5.02. The van der Waals surface area contributed by atoms with Gasteiger partial charge >= 0.3 is 0 Å². The smallest absolute Gasteiger partial charge is 0.193 e. The van der Waals surface area contributed by atoms with Gasteiger partial charge in [-0.3, -0.25) is 0 Å². The summed E-state index contributed by atoms with van der Waals surface area (Å²) in [5.74, 6) is 0. The van der Waals surface area contributed by atoms with E-state index in [0.29, 0.717) is 0 Å². The lowest BCUT2D eigenvalue weighted by Crippen LogP contribution is -2.45. The monoisotopic (exact) mass is 298 g/mol. The lowest BCUT2D eigenvalue weighted by molar-refractivity contribution is 0.116. The molecule has 0 amide bonds. The maximum Gasteiger partial charge on any atom is 0.193 e. The van der Waals surface area contributed by atoms with Crippen molar-refractivity contribution < 1.29 is 9.53 Å². The highest BCUT2D eigenvalue weighted by Crippen LogP contribution is 2.31. The summed E-state index contributed by atoms with van der Waals surface area (Å²) >= 11 is 0. The molecule has 1 atom stereocenters. The van der Waals surface area contributed by atoms with Crippen LogP contribution in [0.1, 0.15) is 54.4 Å². The van der Waals surface area contributed by atoms with Crippen LogP contribution in [0.5, 0.6) is 0 Å². The van der Waals surface area contributed by atoms with Crippen LogP contribution < -0.4 is 0 Å². The standard InChI is InChI=1S/C17H34O2Si/c1-7-20(8-2,9-3)19-17(6,14-11-15-18)13-10-12-16(4)5/h11-12,14,18H,7-10,13,15H2,1-6H3/b14-11+/t17-/m0/s1. The minimum Gasteiger partial charge on any atom is -0.408 e. The molecule has 20 heavy (non-hydrogen) atoms. The molecule has 0 aromatic heterocycles. The van der Waals surface area contributed by atoms with Gasteiger partial charge in [0.1, 0.15) is 0 Å². The SMILES string of the molecule is CC[Si](CC)(CC)O[C@](C)(/C=C/CO)CCC=C(C)C. The Morgan fingerprint density at radius 3 is 2.10 bits per heavy atom. The Bertz CT molecular complexity index is 307. The largest absolute Gasteiger partial charge is 0.408 e. The molecule has 118 valence electrons. The predicted octanol–water partition coefficient (Wildman–Crippen LogP) is 5.06. The molecule has 0 aliphatic carbocycles. The van der Waals surface area contributed by atoms with Crippen molar-refractivity contribution in [2.24, 2.45) is 0 Å². The van der Waals surface area contributed by atoms with Crippen LogP contribution in [0, 0.1) is 0 Å². The molecule has 0 saturated carbocycles. The molecule has 0 fully saturated rings. The van der Waals surface area contributed by atoms with E-state index in [1.54, 1.807) is 0 Å². The normalized spacial score (nSPS) is 15.3. The van der Waals surface area contributed by atoms with E-state index in [4.69, 9.17) is 9.53 Å². The zero-order valence-electron chi connectivity index (χ0n) is 14.3. The highest BCUT2D eigenvalue weighted by atomic mass is 28.4. The van der Waals surface area contributed by atoms with Crippen molar-refractivity contribution in [1.82, 2.24) is 0 Å². The van der Waals surface area contributed by atoms with E-state index in [1.165, 1.54) is 5.57 Å². The van der Waals surface area contributed by atoms with Crippen molar-refractivity contribution >= 4 is 8.32 Å². The average molecular weight is 299 g/mol. The number of rotatable bonds is 10. The van der Waals surface area contributed by atoms with Crippen LogP contribution in [0.15, 0.2) is 23.8 Å². The maximum absolute atomic E-state index is 9.07. The molecule has 0 radical (unpaired) electrons. The molecule has 0 aromatic carbocycles. The van der Waals surface area contributed by atoms with Crippen LogP contribution in [0.3, 0.4) is 0 Å². The van der Waals surface area contributed by atoms with Crippen molar-refractivity contribution in [2.75, 3.05) is 6.61 Å². The predicted molar refractivity (Wildman–Crippen MR) is 91.6 cm³/mol. The van der Waals surface area contributed by atoms with E-state index < -0.39 is 8.32 Å². The fourth-order valence-corrected chi connectivity index (χ4v) is 5.67. The molecular formula is C17H34O2Si. The Morgan fingerprint density at radius 1 is 1.15 bits per heavy atom. The zero-order chi connectivity index (χ0) is 15.6. The Labute approximate surface area is 127 Å². The topological polar surface area (TPSA) is 29.5 Å². The van der Waals surface area contributed by atoms with Crippen molar-refractivity contribution in [1.29, 1.82) is 0 Å². The van der Waals surface area contributed by atoms with Crippen LogP contribution in [-0.2, 0) is 4.43 Å². The molecular weight excluding hydrogens is 264 g/mol. The van der Waals surface area contributed by atoms with Crippen LogP contribution in [-0.4, -0.2) is 25.6 Å². The second kappa shape index (κ2) is 9.53. The van der Waals surface area contributed by atoms with Gasteiger partial charge in [0.25, 0.3) is 0 Å². The highest BCUT2D eigenvalue weighted by Gasteiger charge is 2.36. The van der Waals surface area contributed by atoms with Gasteiger partial charge < -0.3 is 9.53 Å². The van der Waals surface area contributed by atoms with Crippen LogP contribution in [0.4, 0.5) is 0 Å². The van der Waals surface area contributed by atoms with Gasteiger partial charge in [-0.25, -0.2) is 0 Å². The van der Waals surface area contributed by atoms with Gasteiger partial charge in [0.05, 0.1) is 12.2 Å². The second-order valence-corrected chi connectivity index (χ2v) is 10.8. The summed E-state index contributed by atoms with van der Waals surface area (Å²) in [5, 5.41) is 9.07. The summed E-state index contributed by atoms with van der Waals surface area (Å²) in [5.41, 5.74) is 1.10. The molecule has 0 bridgehead atoms. The summed E-state index contributed by atoms with van der Waals surface area (Å²) in [4.78, 5) is 0. The third-order valence-electron chi connectivity index (χ3n) is 4.15. The number of hydrogen-bond acceptors (Lipinski definition) is 2. The molecule has 0 aliphatic heterocycles. The first-order valence-corrected chi connectivity index (χ1v) is 10.5. The second-order valence-electron chi connectivity index (χ2n) is 6.06. The number of allylic oxidation sites excluding steroid dienone is 2. The fourth-order valence-electron chi connectivity index (χ4n) is 2.58. The van der Waals surface area contributed by atoms with Crippen LogP contribution in [0.25, 0.3) is 0 Å². The summed E-state index contributed by atoms with van der Waals surface area (Å²) in [7, 11) is -1.63. The van der Waals surface area contributed by atoms with E-state index in [0.717, 1.165) is 31.0 Å². The lowest BCUT2D eigenvalue weighted by Gasteiger charge is -2.39. The average Bonchev–Trinajstić information content (AvgIpc) is 2.42. The summed E-state index contributed by atoms with van der Waals surface area (Å²) < 4.78 is 6.67. The van der Waals surface area contributed by atoms with E-state index in [1.807, 2.05) is 6.08 Å². The van der Waals surface area contributed by atoms with Gasteiger partial charge in [-0.05, 0) is 51.7 Å². The first-order chi connectivity index (χ1) is 9.37. The van der Waals surface area contributed by atoms with Crippen molar-refractivity contribution in [3.63, 3.8) is 0 Å². The van der Waals surface area contributed by atoms with Gasteiger partial charge in [0.2, 0.25) is 0 Å². The molecule has 0 rings (SSSR count). The third-order valence-corrected chi connectivity index (χ3v) is 8.92. The third kappa shape index (κ3) is 6.87. The van der Waals surface area contributed by atoms with E-state index in [2.05, 4.69) is 53.7 Å². The summed E-state index contributed by atoms with van der Waals surface area (Å²) in [6.07, 6.45) is 8.15. The van der Waals surface area contributed by atoms with Gasteiger partial charge in [-0.1, -0.05) is 44.6 Å². The van der Waals surface area contributed by atoms with Gasteiger partial charge in [0, 0.05) is 0 Å². The van der Waals surface area contributed by atoms with E-state index >= 15 is 0 Å². The first kappa shape index (κ1) is 19.6. The first-order valence-electron chi connectivity index (χ1n) is 7.99.